The first-order chi connectivity index (χ1) is 12.2. The summed E-state index contributed by atoms with van der Waals surface area (Å²) in [6, 6.07) is 3.69. The molecule has 0 spiro atoms. The molecule has 132 valence electrons. The molecule has 0 unspecified atom stereocenters. The molecule has 3 heterocycles. The van der Waals surface area contributed by atoms with Crippen molar-refractivity contribution in [3.63, 3.8) is 0 Å². The molecule has 0 aliphatic carbocycles. The number of aliphatic hydroxyl groups is 1. The summed E-state index contributed by atoms with van der Waals surface area (Å²) in [6.07, 6.45) is 9.51. The second-order valence-electron chi connectivity index (χ2n) is 5.85. The third-order valence-electron chi connectivity index (χ3n) is 4.00. The lowest BCUT2D eigenvalue weighted by Gasteiger charge is -2.15. The van der Waals surface area contributed by atoms with Gasteiger partial charge in [-0.3, -0.25) is 9.97 Å². The summed E-state index contributed by atoms with van der Waals surface area (Å²) in [5.41, 5.74) is 3.11. The molecule has 1 fully saturated rings. The van der Waals surface area contributed by atoms with Crippen LogP contribution in [-0.2, 0) is 6.54 Å². The highest BCUT2D eigenvalue weighted by Gasteiger charge is 2.09. The summed E-state index contributed by atoms with van der Waals surface area (Å²) in [5.74, 6) is 0.237. The van der Waals surface area contributed by atoms with Crippen LogP contribution in [0.2, 0.25) is 5.02 Å². The van der Waals surface area contributed by atoms with Crippen molar-refractivity contribution in [3.05, 3.63) is 58.8 Å². The molecule has 0 bridgehead atoms. The smallest absolute Gasteiger partial charge is 0.137 e. The number of dihydropyridines is 1. The molecule has 7 heteroatoms. The minimum atomic E-state index is 0.237. The van der Waals surface area contributed by atoms with E-state index >= 15 is 0 Å². The Morgan fingerprint density at radius 2 is 1.84 bits per heavy atom. The number of aliphatic hydroxyl groups excluding tert-OH is 1. The van der Waals surface area contributed by atoms with E-state index in [1.165, 1.54) is 25.9 Å². The first-order valence-electron chi connectivity index (χ1n) is 8.41. The van der Waals surface area contributed by atoms with E-state index in [1.807, 2.05) is 6.07 Å². The summed E-state index contributed by atoms with van der Waals surface area (Å²) in [5, 5.41) is 19.7. The van der Waals surface area contributed by atoms with E-state index in [1.54, 1.807) is 30.7 Å². The van der Waals surface area contributed by atoms with E-state index in [9.17, 15) is 5.11 Å². The molecule has 4 N–H and O–H groups in total. The first kappa shape index (κ1) is 17.5. The number of fused-ring (bicyclic) bond motifs is 1. The van der Waals surface area contributed by atoms with Gasteiger partial charge in [0, 0.05) is 36.7 Å². The van der Waals surface area contributed by atoms with Gasteiger partial charge in [0.2, 0.25) is 0 Å². The second kappa shape index (κ2) is 8.69. The number of nitrogens with one attached hydrogen (secondary N) is 3. The van der Waals surface area contributed by atoms with E-state index in [2.05, 4.69) is 25.9 Å². The number of benzene rings is 1. The maximum atomic E-state index is 9.72. The summed E-state index contributed by atoms with van der Waals surface area (Å²) < 4.78 is 0. The lowest BCUT2D eigenvalue weighted by atomic mass is 10.2. The fourth-order valence-corrected chi connectivity index (χ4v) is 2.85. The lowest BCUT2D eigenvalue weighted by Crippen LogP contribution is -2.22. The Hall–Kier alpha value is -2.31. The molecular weight excluding hydrogens is 338 g/mol. The van der Waals surface area contributed by atoms with Crippen LogP contribution in [0.4, 0.5) is 0 Å². The number of aromatic nitrogens is 2. The third-order valence-corrected chi connectivity index (χ3v) is 4.35. The molecule has 0 radical (unpaired) electrons. The fraction of sp³-hybridized carbons (Fsp3) is 0.333. The van der Waals surface area contributed by atoms with Crippen LogP contribution in [0.1, 0.15) is 18.4 Å². The van der Waals surface area contributed by atoms with Crippen molar-refractivity contribution < 1.29 is 5.11 Å². The Balaban J connectivity index is 0.000000314. The summed E-state index contributed by atoms with van der Waals surface area (Å²) in [7, 11) is 0. The number of nitrogens with zero attached hydrogens (tertiary/aromatic N) is 2. The normalized spacial score (nSPS) is 16.4. The van der Waals surface area contributed by atoms with Crippen LogP contribution in [-0.4, -0.2) is 34.7 Å². The van der Waals surface area contributed by atoms with Crippen molar-refractivity contribution in [1.29, 1.82) is 0 Å². The van der Waals surface area contributed by atoms with Gasteiger partial charge in [-0.15, -0.1) is 0 Å². The highest BCUT2D eigenvalue weighted by atomic mass is 35.5. The van der Waals surface area contributed by atoms with Crippen LogP contribution in [0.5, 0.6) is 0 Å². The Morgan fingerprint density at radius 3 is 2.48 bits per heavy atom. The number of hydrogen-bond acceptors (Lipinski definition) is 6. The van der Waals surface area contributed by atoms with Crippen molar-refractivity contribution >= 4 is 22.6 Å². The Morgan fingerprint density at radius 1 is 1.12 bits per heavy atom. The molecule has 2 aliphatic rings. The molecule has 0 saturated carbocycles. The van der Waals surface area contributed by atoms with E-state index in [-0.39, 0.29) is 5.76 Å². The standard InChI is InChI=1S/C14H13ClN4O.C4H9N/c15-10-6-12-11(17-3-4-18-12)5-9(10)7-19-13-8-16-2-1-14(13)20;1-2-4-5-3-1/h1,3-6,8,16,19-20H,2,7H2;5H,1-4H2. The molecule has 1 aromatic heterocycles. The third kappa shape index (κ3) is 4.84. The average molecular weight is 360 g/mol. The molecule has 1 saturated heterocycles. The lowest BCUT2D eigenvalue weighted by molar-refractivity contribution is 0.406. The molecule has 2 aliphatic heterocycles. The van der Waals surface area contributed by atoms with E-state index < -0.39 is 0 Å². The van der Waals surface area contributed by atoms with Gasteiger partial charge in [-0.25, -0.2) is 0 Å². The van der Waals surface area contributed by atoms with Crippen LogP contribution in [0.25, 0.3) is 11.0 Å². The molecule has 0 atom stereocenters. The highest BCUT2D eigenvalue weighted by molar-refractivity contribution is 6.32. The van der Waals surface area contributed by atoms with Crippen LogP contribution in [0.15, 0.2) is 48.3 Å². The van der Waals surface area contributed by atoms with Gasteiger partial charge in [0.05, 0.1) is 16.7 Å². The fourth-order valence-electron chi connectivity index (χ4n) is 2.62. The van der Waals surface area contributed by atoms with Crippen LogP contribution < -0.4 is 16.0 Å². The number of halogens is 1. The monoisotopic (exact) mass is 359 g/mol. The zero-order valence-corrected chi connectivity index (χ0v) is 14.7. The van der Waals surface area contributed by atoms with Crippen molar-refractivity contribution in [2.24, 2.45) is 0 Å². The molecule has 25 heavy (non-hydrogen) atoms. The molecule has 2 aromatic rings. The van der Waals surface area contributed by atoms with E-state index in [4.69, 9.17) is 11.6 Å². The van der Waals surface area contributed by atoms with Crippen LogP contribution in [0.3, 0.4) is 0 Å². The van der Waals surface area contributed by atoms with Crippen molar-refractivity contribution in [2.75, 3.05) is 19.6 Å². The minimum absolute atomic E-state index is 0.237. The molecule has 1 aromatic carbocycles. The largest absolute Gasteiger partial charge is 0.506 e. The Labute approximate surface area is 152 Å². The predicted molar refractivity (Wildman–Crippen MR) is 100 cm³/mol. The SMILES string of the molecule is C1CCNC1.OC1=CCNC=C1NCc1cc2nccnc2cc1Cl. The minimum Gasteiger partial charge on any atom is -0.506 e. The maximum absolute atomic E-state index is 9.72. The van der Waals surface area contributed by atoms with Gasteiger partial charge in [0.1, 0.15) is 5.76 Å². The van der Waals surface area contributed by atoms with Crippen molar-refractivity contribution in [3.8, 4) is 0 Å². The maximum Gasteiger partial charge on any atom is 0.137 e. The average Bonchev–Trinajstić information content (AvgIpc) is 3.21. The van der Waals surface area contributed by atoms with Gasteiger partial charge in [-0.1, -0.05) is 11.6 Å². The van der Waals surface area contributed by atoms with E-state index in [0.29, 0.717) is 23.8 Å². The Kier molecular flexibility index (Phi) is 6.09. The molecule has 0 amide bonds. The van der Waals surface area contributed by atoms with Gasteiger partial charge < -0.3 is 21.1 Å². The first-order valence-corrected chi connectivity index (χ1v) is 8.78. The van der Waals surface area contributed by atoms with Crippen LogP contribution in [0, 0.1) is 0 Å². The van der Waals surface area contributed by atoms with Gasteiger partial charge >= 0.3 is 0 Å². The number of hydrogen-bond donors (Lipinski definition) is 4. The quantitative estimate of drug-likeness (QED) is 0.674. The molecular formula is C18H22ClN5O. The Bertz CT molecular complexity index is 779. The second-order valence-corrected chi connectivity index (χ2v) is 6.26. The highest BCUT2D eigenvalue weighted by Crippen LogP contribution is 2.22. The number of rotatable bonds is 3. The zero-order valence-electron chi connectivity index (χ0n) is 13.9. The van der Waals surface area contributed by atoms with Crippen molar-refractivity contribution in [1.82, 2.24) is 25.9 Å². The molecule has 6 nitrogen and oxygen atoms in total. The van der Waals surface area contributed by atoms with Gasteiger partial charge in [0.15, 0.2) is 0 Å². The summed E-state index contributed by atoms with van der Waals surface area (Å²) >= 11 is 6.24. The van der Waals surface area contributed by atoms with Gasteiger partial charge in [0.25, 0.3) is 0 Å². The van der Waals surface area contributed by atoms with Gasteiger partial charge in [-0.05, 0) is 49.7 Å². The van der Waals surface area contributed by atoms with E-state index in [0.717, 1.165) is 16.6 Å². The van der Waals surface area contributed by atoms with Crippen LogP contribution >= 0.6 is 11.6 Å². The zero-order chi connectivity index (χ0) is 17.5. The molecule has 4 rings (SSSR count). The predicted octanol–water partition coefficient (Wildman–Crippen LogP) is 2.63. The van der Waals surface area contributed by atoms with Crippen molar-refractivity contribution in [2.45, 2.75) is 19.4 Å². The summed E-state index contributed by atoms with van der Waals surface area (Å²) in [4.78, 5) is 8.46. The topological polar surface area (TPSA) is 82.1 Å². The summed E-state index contributed by atoms with van der Waals surface area (Å²) in [6.45, 7) is 3.63. The van der Waals surface area contributed by atoms with Gasteiger partial charge in [-0.2, -0.15) is 0 Å².